The van der Waals surface area contributed by atoms with Gasteiger partial charge in [0, 0.05) is 31.7 Å². The Morgan fingerprint density at radius 2 is 2.08 bits per heavy atom. The number of nitrogens with one attached hydrogen (secondary N) is 1. The standard InChI is InChI=1S/C18H19FN4O2S/c1-10-15(26-18(25)22(10)2)17(24)23-7-5-11(6-8-23)16-20-13-4-3-12(19)9-14(13)21-16/h3-4,9,11H,5-8H2,1-2H3,(H,20,21). The van der Waals surface area contributed by atoms with Gasteiger partial charge in [-0.15, -0.1) is 0 Å². The smallest absolute Gasteiger partial charge is 0.307 e. The number of H-pyrrole nitrogens is 1. The second kappa shape index (κ2) is 6.35. The van der Waals surface area contributed by atoms with E-state index < -0.39 is 0 Å². The summed E-state index contributed by atoms with van der Waals surface area (Å²) in [5.41, 5.74) is 2.17. The first-order valence-corrected chi connectivity index (χ1v) is 9.36. The number of carbonyl (C=O) groups is 1. The molecule has 4 rings (SSSR count). The van der Waals surface area contributed by atoms with Crippen LogP contribution >= 0.6 is 11.3 Å². The number of halogens is 1. The van der Waals surface area contributed by atoms with Gasteiger partial charge in [0.2, 0.25) is 0 Å². The van der Waals surface area contributed by atoms with Crippen LogP contribution in [0.15, 0.2) is 23.0 Å². The summed E-state index contributed by atoms with van der Waals surface area (Å²) >= 11 is 1.01. The lowest BCUT2D eigenvalue weighted by molar-refractivity contribution is 0.0715. The van der Waals surface area contributed by atoms with Gasteiger partial charge in [-0.2, -0.15) is 0 Å². The average molecular weight is 374 g/mol. The van der Waals surface area contributed by atoms with Gasteiger partial charge < -0.3 is 14.5 Å². The Kier molecular flexibility index (Phi) is 4.14. The molecule has 0 atom stereocenters. The van der Waals surface area contributed by atoms with Crippen molar-refractivity contribution in [1.29, 1.82) is 0 Å². The highest BCUT2D eigenvalue weighted by Gasteiger charge is 2.28. The maximum Gasteiger partial charge on any atom is 0.307 e. The molecule has 0 radical (unpaired) electrons. The number of fused-ring (bicyclic) bond motifs is 1. The van der Waals surface area contributed by atoms with Gasteiger partial charge in [-0.3, -0.25) is 9.59 Å². The van der Waals surface area contributed by atoms with E-state index in [-0.39, 0.29) is 22.5 Å². The van der Waals surface area contributed by atoms with Crippen LogP contribution in [0, 0.1) is 12.7 Å². The van der Waals surface area contributed by atoms with Crippen molar-refractivity contribution in [2.24, 2.45) is 7.05 Å². The molecule has 1 aliphatic heterocycles. The van der Waals surface area contributed by atoms with Crippen molar-refractivity contribution in [3.63, 3.8) is 0 Å². The maximum atomic E-state index is 13.3. The van der Waals surface area contributed by atoms with Crippen LogP contribution in [-0.2, 0) is 7.05 Å². The van der Waals surface area contributed by atoms with Gasteiger partial charge in [-0.25, -0.2) is 9.37 Å². The summed E-state index contributed by atoms with van der Waals surface area (Å²) in [6.07, 6.45) is 1.57. The lowest BCUT2D eigenvalue weighted by Crippen LogP contribution is -2.38. The number of carbonyl (C=O) groups excluding carboxylic acids is 1. The van der Waals surface area contributed by atoms with Gasteiger partial charge in [0.05, 0.1) is 11.0 Å². The van der Waals surface area contributed by atoms with Crippen molar-refractivity contribution in [3.8, 4) is 0 Å². The van der Waals surface area contributed by atoms with Crippen molar-refractivity contribution in [1.82, 2.24) is 19.4 Å². The second-order valence-electron chi connectivity index (χ2n) is 6.69. The van der Waals surface area contributed by atoms with Gasteiger partial charge in [0.25, 0.3) is 5.91 Å². The van der Waals surface area contributed by atoms with Crippen molar-refractivity contribution in [2.45, 2.75) is 25.7 Å². The van der Waals surface area contributed by atoms with Crippen LogP contribution in [-0.4, -0.2) is 38.4 Å². The summed E-state index contributed by atoms with van der Waals surface area (Å²) in [6, 6.07) is 4.52. The normalized spacial score (nSPS) is 15.7. The Hall–Kier alpha value is -2.48. The van der Waals surface area contributed by atoms with Crippen LogP contribution < -0.4 is 4.87 Å². The van der Waals surface area contributed by atoms with Crippen molar-refractivity contribution in [3.05, 3.63) is 50.1 Å². The van der Waals surface area contributed by atoms with E-state index >= 15 is 0 Å². The third-order valence-electron chi connectivity index (χ3n) is 5.12. The van der Waals surface area contributed by atoms with E-state index in [1.54, 1.807) is 24.9 Å². The maximum absolute atomic E-state index is 13.3. The first-order chi connectivity index (χ1) is 12.4. The molecule has 0 saturated carbocycles. The molecule has 1 amide bonds. The summed E-state index contributed by atoms with van der Waals surface area (Å²) in [5, 5.41) is 0. The molecule has 0 spiro atoms. The third-order valence-corrected chi connectivity index (χ3v) is 6.24. The number of likely N-dealkylation sites (tertiary alicyclic amines) is 1. The minimum absolute atomic E-state index is 0.0738. The number of piperidine rings is 1. The lowest BCUT2D eigenvalue weighted by atomic mass is 9.96. The molecule has 1 saturated heterocycles. The van der Waals surface area contributed by atoms with Gasteiger partial charge in [-0.05, 0) is 38.0 Å². The summed E-state index contributed by atoms with van der Waals surface area (Å²) < 4.78 is 14.8. The zero-order valence-electron chi connectivity index (χ0n) is 14.6. The van der Waals surface area contributed by atoms with Crippen LogP contribution in [0.1, 0.15) is 39.9 Å². The molecule has 1 fully saturated rings. The molecule has 3 aromatic rings. The Morgan fingerprint density at radius 1 is 1.35 bits per heavy atom. The predicted molar refractivity (Wildman–Crippen MR) is 98.2 cm³/mol. The Labute approximate surface area is 153 Å². The van der Waals surface area contributed by atoms with E-state index in [0.717, 1.165) is 35.5 Å². The highest BCUT2D eigenvalue weighted by atomic mass is 32.1. The molecule has 6 nitrogen and oxygen atoms in total. The van der Waals surface area contributed by atoms with Crippen LogP contribution in [0.2, 0.25) is 0 Å². The third kappa shape index (κ3) is 2.84. The minimum atomic E-state index is -0.287. The summed E-state index contributed by atoms with van der Waals surface area (Å²) in [4.78, 5) is 34.5. The van der Waals surface area contributed by atoms with E-state index in [1.807, 2.05) is 0 Å². The molecule has 0 unspecified atom stereocenters. The number of aromatic amines is 1. The molecule has 0 aliphatic carbocycles. The van der Waals surface area contributed by atoms with Gasteiger partial charge in [0.1, 0.15) is 16.5 Å². The van der Waals surface area contributed by atoms with E-state index in [1.165, 1.54) is 16.7 Å². The molecule has 136 valence electrons. The molecule has 2 aromatic heterocycles. The lowest BCUT2D eigenvalue weighted by Gasteiger charge is -2.31. The fourth-order valence-corrected chi connectivity index (χ4v) is 4.36. The van der Waals surface area contributed by atoms with E-state index in [4.69, 9.17) is 0 Å². The molecule has 1 aliphatic rings. The zero-order valence-corrected chi connectivity index (χ0v) is 15.4. The molecule has 8 heteroatoms. The molecule has 0 bridgehead atoms. The summed E-state index contributed by atoms with van der Waals surface area (Å²) in [7, 11) is 1.68. The highest BCUT2D eigenvalue weighted by Crippen LogP contribution is 2.29. The van der Waals surface area contributed by atoms with Gasteiger partial charge in [0.15, 0.2) is 0 Å². The highest BCUT2D eigenvalue weighted by molar-refractivity contribution is 7.11. The van der Waals surface area contributed by atoms with Crippen LogP contribution in [0.25, 0.3) is 11.0 Å². The van der Waals surface area contributed by atoms with Crippen molar-refractivity contribution < 1.29 is 9.18 Å². The van der Waals surface area contributed by atoms with Gasteiger partial charge in [-0.1, -0.05) is 11.3 Å². The van der Waals surface area contributed by atoms with Crippen molar-refractivity contribution >= 4 is 28.3 Å². The Balaban J connectivity index is 1.48. The minimum Gasteiger partial charge on any atom is -0.342 e. The number of aromatic nitrogens is 3. The monoisotopic (exact) mass is 374 g/mol. The predicted octanol–water partition coefficient (Wildman–Crippen LogP) is 2.79. The fourth-order valence-electron chi connectivity index (χ4n) is 3.41. The van der Waals surface area contributed by atoms with Crippen LogP contribution in [0.3, 0.4) is 0 Å². The SMILES string of the molecule is Cc1c(C(=O)N2CCC(c3nc4ccc(F)cc4[nH]3)CC2)sc(=O)n1C. The average Bonchev–Trinajstić information content (AvgIpc) is 3.17. The van der Waals surface area contributed by atoms with E-state index in [2.05, 4.69) is 9.97 Å². The molecule has 3 heterocycles. The number of benzene rings is 1. The zero-order chi connectivity index (χ0) is 18.4. The number of hydrogen-bond acceptors (Lipinski definition) is 4. The number of thiazole rings is 1. The van der Waals surface area contributed by atoms with E-state index in [0.29, 0.717) is 29.2 Å². The number of rotatable bonds is 2. The van der Waals surface area contributed by atoms with Crippen LogP contribution in [0.5, 0.6) is 0 Å². The molecule has 1 N–H and O–H groups in total. The number of hydrogen-bond donors (Lipinski definition) is 1. The van der Waals surface area contributed by atoms with Crippen molar-refractivity contribution in [2.75, 3.05) is 13.1 Å². The topological polar surface area (TPSA) is 71.0 Å². The number of nitrogens with zero attached hydrogens (tertiary/aromatic N) is 3. The van der Waals surface area contributed by atoms with Crippen LogP contribution in [0.4, 0.5) is 4.39 Å². The fraction of sp³-hybridized carbons (Fsp3) is 0.389. The molecule has 1 aromatic carbocycles. The first-order valence-electron chi connectivity index (χ1n) is 8.55. The number of amides is 1. The van der Waals surface area contributed by atoms with E-state index in [9.17, 15) is 14.0 Å². The number of imidazole rings is 1. The largest absolute Gasteiger partial charge is 0.342 e. The quantitative estimate of drug-likeness (QED) is 0.750. The summed E-state index contributed by atoms with van der Waals surface area (Å²) in [6.45, 7) is 3.03. The Bertz CT molecular complexity index is 1040. The Morgan fingerprint density at radius 3 is 2.73 bits per heavy atom. The first kappa shape index (κ1) is 17.0. The molecular formula is C18H19FN4O2S. The van der Waals surface area contributed by atoms with Gasteiger partial charge >= 0.3 is 4.87 Å². The molecule has 26 heavy (non-hydrogen) atoms. The molecular weight excluding hydrogens is 355 g/mol. The summed E-state index contributed by atoms with van der Waals surface area (Å²) in [5.74, 6) is 0.698. The second-order valence-corrected chi connectivity index (χ2v) is 7.65.